The molecular formula is C51H32N4S. The van der Waals surface area contributed by atoms with Crippen molar-refractivity contribution in [2.45, 2.75) is 0 Å². The molecule has 0 radical (unpaired) electrons. The zero-order valence-electron chi connectivity index (χ0n) is 30.2. The molecule has 0 amide bonds. The van der Waals surface area contributed by atoms with Crippen molar-refractivity contribution in [2.24, 2.45) is 0 Å². The topological polar surface area (TPSA) is 43.6 Å². The third-order valence-corrected chi connectivity index (χ3v) is 12.0. The van der Waals surface area contributed by atoms with E-state index in [1.54, 1.807) is 0 Å². The first-order chi connectivity index (χ1) is 27.8. The Morgan fingerprint density at radius 1 is 0.321 bits per heavy atom. The predicted octanol–water partition coefficient (Wildman–Crippen LogP) is 13.7. The Kier molecular flexibility index (Phi) is 7.64. The van der Waals surface area contributed by atoms with E-state index in [1.165, 1.54) is 42.4 Å². The third-order valence-electron chi connectivity index (χ3n) is 10.7. The van der Waals surface area contributed by atoms with E-state index in [9.17, 15) is 0 Å². The fraction of sp³-hybridized carbons (Fsp3) is 0. The molecule has 262 valence electrons. The van der Waals surface area contributed by atoms with Gasteiger partial charge in [-0.05, 0) is 40.5 Å². The second-order valence-electron chi connectivity index (χ2n) is 14.0. The maximum Gasteiger partial charge on any atom is 0.164 e. The lowest BCUT2D eigenvalue weighted by molar-refractivity contribution is 1.08. The van der Waals surface area contributed by atoms with E-state index in [-0.39, 0.29) is 0 Å². The van der Waals surface area contributed by atoms with Gasteiger partial charge in [-0.2, -0.15) is 0 Å². The molecule has 0 saturated carbocycles. The second kappa shape index (κ2) is 13.3. The number of fused-ring (bicyclic) bond motifs is 6. The van der Waals surface area contributed by atoms with Gasteiger partial charge in [-0.3, -0.25) is 0 Å². The fourth-order valence-electron chi connectivity index (χ4n) is 8.08. The van der Waals surface area contributed by atoms with Crippen LogP contribution in [0.25, 0.3) is 104 Å². The number of thiophene rings is 1. The summed E-state index contributed by atoms with van der Waals surface area (Å²) in [5.41, 5.74) is 11.2. The fourth-order valence-corrected chi connectivity index (χ4v) is 9.42. The van der Waals surface area contributed by atoms with Crippen molar-refractivity contribution in [3.8, 4) is 62.1 Å². The highest BCUT2D eigenvalue weighted by atomic mass is 32.1. The van der Waals surface area contributed by atoms with Gasteiger partial charge in [-0.25, -0.2) is 15.0 Å². The maximum absolute atomic E-state index is 5.15. The maximum atomic E-state index is 5.15. The van der Waals surface area contributed by atoms with Crippen LogP contribution < -0.4 is 0 Å². The van der Waals surface area contributed by atoms with Gasteiger partial charge >= 0.3 is 0 Å². The largest absolute Gasteiger partial charge is 0.308 e. The first kappa shape index (κ1) is 32.2. The van der Waals surface area contributed by atoms with Gasteiger partial charge in [0.25, 0.3) is 0 Å². The molecule has 0 saturated heterocycles. The average Bonchev–Trinajstić information content (AvgIpc) is 3.84. The first-order valence-corrected chi connectivity index (χ1v) is 19.6. The molecule has 0 bridgehead atoms. The first-order valence-electron chi connectivity index (χ1n) is 18.8. The molecule has 0 aliphatic rings. The van der Waals surface area contributed by atoms with Crippen LogP contribution in [0.4, 0.5) is 0 Å². The molecule has 11 aromatic rings. The summed E-state index contributed by atoms with van der Waals surface area (Å²) in [7, 11) is 0. The van der Waals surface area contributed by atoms with Gasteiger partial charge in [0.15, 0.2) is 17.5 Å². The van der Waals surface area contributed by atoms with Gasteiger partial charge in [0.2, 0.25) is 0 Å². The lowest BCUT2D eigenvalue weighted by Gasteiger charge is -2.11. The van der Waals surface area contributed by atoms with E-state index in [4.69, 9.17) is 15.0 Å². The molecule has 0 aliphatic heterocycles. The summed E-state index contributed by atoms with van der Waals surface area (Å²) in [5.74, 6) is 1.95. The third kappa shape index (κ3) is 5.32. The SMILES string of the molecule is c1ccc(-c2ccc(-c3cccc4c3sc3c(-n5c6ccccc6c6c(-c7nc(-c8ccccc8)nc(-c8ccccc8)n7)cccc65)cccc34)cc2)cc1. The zero-order chi connectivity index (χ0) is 37.0. The molecule has 3 heterocycles. The minimum Gasteiger partial charge on any atom is -0.308 e. The molecule has 3 aromatic heterocycles. The molecule has 8 aromatic carbocycles. The summed E-state index contributed by atoms with van der Waals surface area (Å²) in [6, 6.07) is 68.5. The molecule has 0 aliphatic carbocycles. The molecule has 56 heavy (non-hydrogen) atoms. The Bertz CT molecular complexity index is 3160. The summed E-state index contributed by atoms with van der Waals surface area (Å²) in [6.45, 7) is 0. The monoisotopic (exact) mass is 732 g/mol. The van der Waals surface area contributed by atoms with Gasteiger partial charge in [0.05, 0.1) is 21.4 Å². The molecule has 4 nitrogen and oxygen atoms in total. The van der Waals surface area contributed by atoms with E-state index >= 15 is 0 Å². The highest BCUT2D eigenvalue weighted by molar-refractivity contribution is 7.26. The number of aromatic nitrogens is 4. The van der Waals surface area contributed by atoms with Crippen LogP contribution in [0.1, 0.15) is 0 Å². The van der Waals surface area contributed by atoms with Crippen molar-refractivity contribution in [2.75, 3.05) is 0 Å². The van der Waals surface area contributed by atoms with Gasteiger partial charge in [-0.15, -0.1) is 11.3 Å². The molecular weight excluding hydrogens is 701 g/mol. The Morgan fingerprint density at radius 2 is 0.804 bits per heavy atom. The Balaban J connectivity index is 1.12. The number of rotatable bonds is 6. The number of hydrogen-bond acceptors (Lipinski definition) is 4. The van der Waals surface area contributed by atoms with E-state index in [1.807, 2.05) is 47.7 Å². The van der Waals surface area contributed by atoms with Gasteiger partial charge < -0.3 is 4.57 Å². The van der Waals surface area contributed by atoms with Gasteiger partial charge in [-0.1, -0.05) is 176 Å². The molecule has 0 unspecified atom stereocenters. The lowest BCUT2D eigenvalue weighted by atomic mass is 9.99. The highest BCUT2D eigenvalue weighted by Gasteiger charge is 2.22. The molecule has 0 spiro atoms. The lowest BCUT2D eigenvalue weighted by Crippen LogP contribution is -2.00. The minimum absolute atomic E-state index is 0.647. The van der Waals surface area contributed by atoms with Crippen molar-refractivity contribution >= 4 is 53.3 Å². The van der Waals surface area contributed by atoms with Crippen LogP contribution in [0.3, 0.4) is 0 Å². The molecule has 0 atom stereocenters. The minimum atomic E-state index is 0.647. The number of benzene rings is 8. The highest BCUT2D eigenvalue weighted by Crippen LogP contribution is 2.45. The summed E-state index contributed by atoms with van der Waals surface area (Å²) in [5, 5.41) is 4.79. The van der Waals surface area contributed by atoms with Crippen LogP contribution >= 0.6 is 11.3 Å². The molecule has 0 fully saturated rings. The Morgan fingerprint density at radius 3 is 1.50 bits per heavy atom. The van der Waals surface area contributed by atoms with Crippen LogP contribution in [0.2, 0.25) is 0 Å². The van der Waals surface area contributed by atoms with E-state index in [2.05, 4.69) is 162 Å². The second-order valence-corrected chi connectivity index (χ2v) is 15.0. The summed E-state index contributed by atoms with van der Waals surface area (Å²) >= 11 is 1.87. The number of nitrogens with zero attached hydrogens (tertiary/aromatic N) is 4. The Hall–Kier alpha value is -7.21. The Labute approximate surface area is 327 Å². The average molecular weight is 733 g/mol. The van der Waals surface area contributed by atoms with Gasteiger partial charge in [0, 0.05) is 42.9 Å². The number of hydrogen-bond donors (Lipinski definition) is 0. The van der Waals surface area contributed by atoms with Crippen molar-refractivity contribution < 1.29 is 0 Å². The van der Waals surface area contributed by atoms with Crippen molar-refractivity contribution in [3.05, 3.63) is 194 Å². The smallest absolute Gasteiger partial charge is 0.164 e. The van der Waals surface area contributed by atoms with Crippen LogP contribution in [-0.4, -0.2) is 19.5 Å². The molecule has 11 rings (SSSR count). The van der Waals surface area contributed by atoms with Crippen molar-refractivity contribution in [1.29, 1.82) is 0 Å². The van der Waals surface area contributed by atoms with E-state index < -0.39 is 0 Å². The van der Waals surface area contributed by atoms with Crippen molar-refractivity contribution in [3.63, 3.8) is 0 Å². The molecule has 5 heteroatoms. The van der Waals surface area contributed by atoms with Crippen molar-refractivity contribution in [1.82, 2.24) is 19.5 Å². The summed E-state index contributed by atoms with van der Waals surface area (Å²) in [6.07, 6.45) is 0. The number of para-hydroxylation sites is 1. The van der Waals surface area contributed by atoms with E-state index in [0.29, 0.717) is 17.5 Å². The van der Waals surface area contributed by atoms with Crippen LogP contribution in [0.5, 0.6) is 0 Å². The van der Waals surface area contributed by atoms with Gasteiger partial charge in [0.1, 0.15) is 0 Å². The predicted molar refractivity (Wildman–Crippen MR) is 234 cm³/mol. The zero-order valence-corrected chi connectivity index (χ0v) is 31.0. The van der Waals surface area contributed by atoms with Crippen LogP contribution in [-0.2, 0) is 0 Å². The quantitative estimate of drug-likeness (QED) is 0.171. The normalized spacial score (nSPS) is 11.6. The standard InChI is InChI=1S/C51H32N4S/c1-4-15-33(16-5-1)34-29-31-35(32-30-34)38-22-12-23-39-40-24-13-28-45(48(40)56-47(38)39)55-43-26-11-10-21-41(43)46-42(25-14-27-44(46)55)51-53-49(36-17-6-2-7-18-36)52-50(54-51)37-19-8-3-9-20-37/h1-32H. The van der Waals surface area contributed by atoms with Crippen LogP contribution in [0, 0.1) is 0 Å². The molecule has 0 N–H and O–H groups in total. The van der Waals surface area contributed by atoms with E-state index in [0.717, 1.165) is 44.2 Å². The summed E-state index contributed by atoms with van der Waals surface area (Å²) in [4.78, 5) is 15.3. The van der Waals surface area contributed by atoms with Crippen LogP contribution in [0.15, 0.2) is 194 Å². The summed E-state index contributed by atoms with van der Waals surface area (Å²) < 4.78 is 4.97.